The molecular weight excluding hydrogens is 180 g/mol. The summed E-state index contributed by atoms with van der Waals surface area (Å²) in [7, 11) is 0. The molecule has 0 aliphatic carbocycles. The lowest BCUT2D eigenvalue weighted by Gasteiger charge is -1.98. The highest BCUT2D eigenvalue weighted by Crippen LogP contribution is 2.08. The topological polar surface area (TPSA) is 0 Å². The first-order valence-corrected chi connectivity index (χ1v) is 5.94. The summed E-state index contributed by atoms with van der Waals surface area (Å²) < 4.78 is 0. The minimum absolute atomic E-state index is 1.18. The van der Waals surface area contributed by atoms with Gasteiger partial charge in [0.15, 0.2) is 0 Å². The summed E-state index contributed by atoms with van der Waals surface area (Å²) in [5.41, 5.74) is 0. The molecule has 0 aromatic rings. The summed E-state index contributed by atoms with van der Waals surface area (Å²) in [5.74, 6) is 1.57. The lowest BCUT2D eigenvalue weighted by Crippen LogP contribution is -1.78. The van der Waals surface area contributed by atoms with Crippen LogP contribution in [0.25, 0.3) is 0 Å². The van der Waals surface area contributed by atoms with E-state index in [0.717, 1.165) is 0 Å². The van der Waals surface area contributed by atoms with Gasteiger partial charge in [-0.05, 0) is 12.8 Å². The SMILES string of the molecule is CCCCCCCCC/C=C/[CH]Cl. The van der Waals surface area contributed by atoms with Crippen LogP contribution in [0.15, 0.2) is 12.2 Å². The Morgan fingerprint density at radius 2 is 1.54 bits per heavy atom. The van der Waals surface area contributed by atoms with E-state index in [2.05, 4.69) is 13.0 Å². The predicted molar refractivity (Wildman–Crippen MR) is 61.9 cm³/mol. The van der Waals surface area contributed by atoms with E-state index in [1.54, 1.807) is 5.88 Å². The molecule has 0 heterocycles. The molecule has 0 unspecified atom stereocenters. The molecule has 0 saturated carbocycles. The molecular formula is C12H22Cl. The van der Waals surface area contributed by atoms with Gasteiger partial charge in [0.1, 0.15) is 0 Å². The van der Waals surface area contributed by atoms with Crippen molar-refractivity contribution >= 4 is 11.6 Å². The second kappa shape index (κ2) is 12.0. The number of allylic oxidation sites excluding steroid dienone is 2. The fourth-order valence-corrected chi connectivity index (χ4v) is 1.47. The molecule has 1 radical (unpaired) electrons. The molecule has 77 valence electrons. The Hall–Kier alpha value is 0.0300. The molecule has 0 fully saturated rings. The molecule has 0 aliphatic rings. The van der Waals surface area contributed by atoms with E-state index in [0.29, 0.717) is 0 Å². The van der Waals surface area contributed by atoms with E-state index in [4.69, 9.17) is 11.6 Å². The maximum absolute atomic E-state index is 5.39. The molecule has 0 saturated heterocycles. The van der Waals surface area contributed by atoms with Crippen molar-refractivity contribution in [2.24, 2.45) is 0 Å². The maximum atomic E-state index is 5.39. The largest absolute Gasteiger partial charge is 0.117 e. The molecule has 0 atom stereocenters. The molecule has 0 aliphatic heterocycles. The lowest BCUT2D eigenvalue weighted by atomic mass is 10.1. The monoisotopic (exact) mass is 201 g/mol. The third-order valence-corrected chi connectivity index (χ3v) is 2.33. The summed E-state index contributed by atoms with van der Waals surface area (Å²) in [5, 5.41) is 0. The molecule has 0 rings (SSSR count). The van der Waals surface area contributed by atoms with Crippen LogP contribution < -0.4 is 0 Å². The zero-order chi connectivity index (χ0) is 9.78. The normalized spacial score (nSPS) is 11.2. The van der Waals surface area contributed by atoms with Gasteiger partial charge in [0.05, 0.1) is 5.88 Å². The zero-order valence-electron chi connectivity index (χ0n) is 8.77. The van der Waals surface area contributed by atoms with Gasteiger partial charge in [-0.25, -0.2) is 0 Å². The van der Waals surface area contributed by atoms with Crippen LogP contribution in [0.3, 0.4) is 0 Å². The molecule has 0 aromatic heterocycles. The third-order valence-electron chi connectivity index (χ3n) is 2.18. The van der Waals surface area contributed by atoms with Crippen LogP contribution in [-0.2, 0) is 0 Å². The Bertz CT molecular complexity index is 108. The van der Waals surface area contributed by atoms with Gasteiger partial charge < -0.3 is 0 Å². The van der Waals surface area contributed by atoms with E-state index in [1.165, 1.54) is 51.4 Å². The van der Waals surface area contributed by atoms with E-state index >= 15 is 0 Å². The number of halogens is 1. The standard InChI is InChI=1S/C12H22Cl/c1-2-3-4-5-6-7-8-9-10-11-12-13/h10-12H,2-9H2,1H3/b11-10+. The molecule has 13 heavy (non-hydrogen) atoms. The molecule has 0 amide bonds. The van der Waals surface area contributed by atoms with Crippen molar-refractivity contribution in [3.63, 3.8) is 0 Å². The smallest absolute Gasteiger partial charge is 0.0715 e. The third kappa shape index (κ3) is 12.0. The highest BCUT2D eigenvalue weighted by molar-refractivity contribution is 6.24. The second-order valence-corrected chi connectivity index (χ2v) is 3.72. The Labute approximate surface area is 88.4 Å². The van der Waals surface area contributed by atoms with Crippen LogP contribution in [0.1, 0.15) is 58.3 Å². The number of hydrogen-bond donors (Lipinski definition) is 0. The number of hydrogen-bond acceptors (Lipinski definition) is 0. The highest BCUT2D eigenvalue weighted by atomic mass is 35.5. The summed E-state index contributed by atoms with van der Waals surface area (Å²) in [4.78, 5) is 0. The van der Waals surface area contributed by atoms with Crippen LogP contribution >= 0.6 is 11.6 Å². The van der Waals surface area contributed by atoms with Crippen molar-refractivity contribution in [2.45, 2.75) is 58.3 Å². The molecule has 0 nitrogen and oxygen atoms in total. The highest BCUT2D eigenvalue weighted by Gasteiger charge is 1.88. The fourth-order valence-electron chi connectivity index (χ4n) is 1.37. The van der Waals surface area contributed by atoms with E-state index in [9.17, 15) is 0 Å². The van der Waals surface area contributed by atoms with Crippen LogP contribution in [0.5, 0.6) is 0 Å². The average molecular weight is 202 g/mol. The van der Waals surface area contributed by atoms with Gasteiger partial charge in [-0.1, -0.05) is 57.6 Å². The molecule has 0 N–H and O–H groups in total. The van der Waals surface area contributed by atoms with Gasteiger partial charge in [-0.2, -0.15) is 0 Å². The Morgan fingerprint density at radius 1 is 0.923 bits per heavy atom. The quantitative estimate of drug-likeness (QED) is 0.456. The van der Waals surface area contributed by atoms with Crippen molar-refractivity contribution in [1.29, 1.82) is 0 Å². The Morgan fingerprint density at radius 3 is 2.15 bits per heavy atom. The van der Waals surface area contributed by atoms with Crippen molar-refractivity contribution in [3.8, 4) is 0 Å². The molecule has 0 bridgehead atoms. The molecule has 0 spiro atoms. The van der Waals surface area contributed by atoms with E-state index in [1.807, 2.05) is 6.08 Å². The summed E-state index contributed by atoms with van der Waals surface area (Å²) in [6.07, 6.45) is 14.9. The first-order valence-electron chi connectivity index (χ1n) is 5.50. The Balaban J connectivity index is 2.87. The lowest BCUT2D eigenvalue weighted by molar-refractivity contribution is 0.592. The van der Waals surface area contributed by atoms with Crippen molar-refractivity contribution < 1.29 is 0 Å². The minimum atomic E-state index is 1.18. The van der Waals surface area contributed by atoms with Crippen molar-refractivity contribution in [1.82, 2.24) is 0 Å². The number of rotatable bonds is 9. The second-order valence-electron chi connectivity index (χ2n) is 3.46. The van der Waals surface area contributed by atoms with Gasteiger partial charge in [0.2, 0.25) is 0 Å². The van der Waals surface area contributed by atoms with Crippen LogP contribution in [-0.4, -0.2) is 0 Å². The van der Waals surface area contributed by atoms with Crippen molar-refractivity contribution in [3.05, 3.63) is 18.0 Å². The molecule has 1 heteroatoms. The van der Waals surface area contributed by atoms with Gasteiger partial charge in [0, 0.05) is 0 Å². The van der Waals surface area contributed by atoms with E-state index in [-0.39, 0.29) is 0 Å². The average Bonchev–Trinajstić information content (AvgIpc) is 2.16. The zero-order valence-corrected chi connectivity index (χ0v) is 9.52. The van der Waals surface area contributed by atoms with Gasteiger partial charge in [0.25, 0.3) is 0 Å². The molecule has 0 aromatic carbocycles. The van der Waals surface area contributed by atoms with E-state index < -0.39 is 0 Å². The van der Waals surface area contributed by atoms with Crippen LogP contribution in [0.2, 0.25) is 0 Å². The van der Waals surface area contributed by atoms with Crippen LogP contribution in [0.4, 0.5) is 0 Å². The van der Waals surface area contributed by atoms with Crippen LogP contribution in [0, 0.1) is 5.88 Å². The summed E-state index contributed by atoms with van der Waals surface area (Å²) >= 11 is 5.39. The maximum Gasteiger partial charge on any atom is 0.0715 e. The fraction of sp³-hybridized carbons (Fsp3) is 0.750. The van der Waals surface area contributed by atoms with Gasteiger partial charge >= 0.3 is 0 Å². The Kier molecular flexibility index (Phi) is 12.1. The van der Waals surface area contributed by atoms with Gasteiger partial charge in [-0.15, -0.1) is 11.6 Å². The minimum Gasteiger partial charge on any atom is -0.117 e. The van der Waals surface area contributed by atoms with Gasteiger partial charge in [-0.3, -0.25) is 0 Å². The first kappa shape index (κ1) is 13.0. The first-order chi connectivity index (χ1) is 6.41. The predicted octanol–water partition coefficient (Wildman–Crippen LogP) is 5.08. The van der Waals surface area contributed by atoms with Crippen molar-refractivity contribution in [2.75, 3.05) is 0 Å². The number of unbranched alkanes of at least 4 members (excludes halogenated alkanes) is 7. The summed E-state index contributed by atoms with van der Waals surface area (Å²) in [6, 6.07) is 0. The summed E-state index contributed by atoms with van der Waals surface area (Å²) in [6.45, 7) is 2.26.